The number of sulfonamides is 1. The molecule has 2 rings (SSSR count). The van der Waals surface area contributed by atoms with Crippen molar-refractivity contribution in [2.45, 2.75) is 24.1 Å². The number of nitrogen functional groups attached to an aromatic ring is 1. The summed E-state index contributed by atoms with van der Waals surface area (Å²) in [6.07, 6.45) is 0. The van der Waals surface area contributed by atoms with Gasteiger partial charge in [-0.15, -0.1) is 10.2 Å². The predicted octanol–water partition coefficient (Wildman–Crippen LogP) is 2.04. The third-order valence-corrected chi connectivity index (χ3v) is 4.98. The van der Waals surface area contributed by atoms with Crippen LogP contribution in [-0.2, 0) is 10.0 Å². The first kappa shape index (κ1) is 13.8. The summed E-state index contributed by atoms with van der Waals surface area (Å²) >= 11 is 0.827. The van der Waals surface area contributed by atoms with E-state index in [1.54, 1.807) is 12.1 Å². The molecule has 1 aromatic carbocycles. The molecule has 1 heterocycles. The Labute approximate surface area is 115 Å². The van der Waals surface area contributed by atoms with Gasteiger partial charge in [-0.3, -0.25) is 4.72 Å². The van der Waals surface area contributed by atoms with Gasteiger partial charge in [-0.05, 0) is 23.6 Å². The first-order valence-electron chi connectivity index (χ1n) is 5.60. The number of nitrogens with one attached hydrogen (secondary N) is 1. The minimum atomic E-state index is -3.71. The molecule has 0 radical (unpaired) electrons. The van der Waals surface area contributed by atoms with Gasteiger partial charge in [0.15, 0.2) is 0 Å². The maximum atomic E-state index is 12.0. The van der Waals surface area contributed by atoms with Gasteiger partial charge in [-0.2, -0.15) is 8.42 Å². The zero-order valence-corrected chi connectivity index (χ0v) is 12.1. The van der Waals surface area contributed by atoms with Crippen molar-refractivity contribution in [3.63, 3.8) is 0 Å². The van der Waals surface area contributed by atoms with Crippen molar-refractivity contribution in [3.8, 4) is 0 Å². The second-order valence-corrected chi connectivity index (χ2v) is 7.15. The quantitative estimate of drug-likeness (QED) is 0.900. The molecule has 19 heavy (non-hydrogen) atoms. The van der Waals surface area contributed by atoms with E-state index in [1.807, 2.05) is 12.1 Å². The smallest absolute Gasteiger partial charge is 0.291 e. The minimum Gasteiger partial charge on any atom is -0.374 e. The van der Waals surface area contributed by atoms with Crippen LogP contribution in [0, 0.1) is 0 Å². The lowest BCUT2D eigenvalue weighted by Crippen LogP contribution is -2.12. The Bertz CT molecular complexity index is 662. The van der Waals surface area contributed by atoms with E-state index in [4.69, 9.17) is 5.73 Å². The molecule has 0 atom stereocenters. The number of nitrogens with zero attached hydrogens (tertiary/aromatic N) is 2. The van der Waals surface area contributed by atoms with Crippen LogP contribution in [0.25, 0.3) is 0 Å². The molecule has 0 bridgehead atoms. The van der Waals surface area contributed by atoms with Crippen LogP contribution in [0.15, 0.2) is 28.6 Å². The molecule has 6 nitrogen and oxygen atoms in total. The van der Waals surface area contributed by atoms with E-state index >= 15 is 0 Å². The summed E-state index contributed by atoms with van der Waals surface area (Å²) in [7, 11) is -3.71. The molecular weight excluding hydrogens is 284 g/mol. The van der Waals surface area contributed by atoms with Crippen LogP contribution >= 0.6 is 11.3 Å². The van der Waals surface area contributed by atoms with E-state index in [0.717, 1.165) is 16.9 Å². The summed E-state index contributed by atoms with van der Waals surface area (Å²) < 4.78 is 26.2. The Hall–Kier alpha value is -1.67. The number of anilines is 2. The van der Waals surface area contributed by atoms with E-state index in [-0.39, 0.29) is 9.47 Å². The highest BCUT2D eigenvalue weighted by atomic mass is 32.2. The van der Waals surface area contributed by atoms with E-state index < -0.39 is 10.0 Å². The molecule has 0 unspecified atom stereocenters. The van der Waals surface area contributed by atoms with Crippen LogP contribution < -0.4 is 10.5 Å². The van der Waals surface area contributed by atoms with E-state index in [2.05, 4.69) is 28.8 Å². The van der Waals surface area contributed by atoms with Gasteiger partial charge in [0.1, 0.15) is 0 Å². The van der Waals surface area contributed by atoms with Crippen molar-refractivity contribution in [3.05, 3.63) is 29.8 Å². The summed E-state index contributed by atoms with van der Waals surface area (Å²) in [4.78, 5) is 0. The molecule has 8 heteroatoms. The molecule has 0 aliphatic rings. The van der Waals surface area contributed by atoms with Gasteiger partial charge in [0.05, 0.1) is 0 Å². The number of hydrogen-bond acceptors (Lipinski definition) is 6. The highest BCUT2D eigenvalue weighted by molar-refractivity contribution is 7.94. The van der Waals surface area contributed by atoms with Crippen LogP contribution in [0.1, 0.15) is 25.3 Å². The summed E-state index contributed by atoms with van der Waals surface area (Å²) in [5.74, 6) is 0.397. The fraction of sp³-hybridized carbons (Fsp3) is 0.273. The third-order valence-electron chi connectivity index (χ3n) is 2.48. The number of nitrogens with two attached hydrogens (primary N) is 1. The molecular formula is C11H14N4O2S2. The number of rotatable bonds is 4. The summed E-state index contributed by atoms with van der Waals surface area (Å²) in [5, 5.41) is 7.13. The third kappa shape index (κ3) is 3.21. The highest BCUT2D eigenvalue weighted by Gasteiger charge is 2.19. The van der Waals surface area contributed by atoms with Crippen LogP contribution in [0.2, 0.25) is 0 Å². The summed E-state index contributed by atoms with van der Waals surface area (Å²) in [6.45, 7) is 4.15. The van der Waals surface area contributed by atoms with Gasteiger partial charge >= 0.3 is 0 Å². The standard InChI is InChI=1S/C11H14N4O2S2/c1-7(2)8-3-5-9(6-4-8)15-19(16,17)11-14-13-10(12)18-11/h3-7,15H,1-2H3,(H2,12,13). The van der Waals surface area contributed by atoms with Gasteiger partial charge < -0.3 is 5.73 Å². The molecule has 102 valence electrons. The molecule has 0 aliphatic heterocycles. The average molecular weight is 298 g/mol. The maximum absolute atomic E-state index is 12.0. The molecule has 0 fully saturated rings. The van der Waals surface area contributed by atoms with Gasteiger partial charge in [-0.25, -0.2) is 0 Å². The Balaban J connectivity index is 2.21. The van der Waals surface area contributed by atoms with Gasteiger partial charge in [0.25, 0.3) is 14.4 Å². The van der Waals surface area contributed by atoms with Gasteiger partial charge in [0, 0.05) is 5.69 Å². The number of benzene rings is 1. The maximum Gasteiger partial charge on any atom is 0.291 e. The van der Waals surface area contributed by atoms with E-state index in [0.29, 0.717) is 11.6 Å². The van der Waals surface area contributed by atoms with E-state index in [9.17, 15) is 8.42 Å². The van der Waals surface area contributed by atoms with Gasteiger partial charge in [0.2, 0.25) is 5.13 Å². The van der Waals surface area contributed by atoms with Crippen LogP contribution in [0.4, 0.5) is 10.8 Å². The predicted molar refractivity (Wildman–Crippen MR) is 75.7 cm³/mol. The molecule has 0 spiro atoms. The first-order valence-corrected chi connectivity index (χ1v) is 7.90. The zero-order valence-electron chi connectivity index (χ0n) is 10.5. The lowest BCUT2D eigenvalue weighted by Gasteiger charge is -2.08. The topological polar surface area (TPSA) is 98.0 Å². The molecule has 2 aromatic rings. The molecule has 0 saturated heterocycles. The van der Waals surface area contributed by atoms with Crippen molar-refractivity contribution >= 4 is 32.2 Å². The number of hydrogen-bond donors (Lipinski definition) is 2. The van der Waals surface area contributed by atoms with Crippen molar-refractivity contribution in [2.75, 3.05) is 10.5 Å². The fourth-order valence-corrected chi connectivity index (χ4v) is 3.31. The Morgan fingerprint density at radius 2 is 1.84 bits per heavy atom. The Morgan fingerprint density at radius 1 is 1.21 bits per heavy atom. The fourth-order valence-electron chi connectivity index (χ4n) is 1.46. The van der Waals surface area contributed by atoms with E-state index in [1.165, 1.54) is 0 Å². The van der Waals surface area contributed by atoms with Crippen molar-refractivity contribution in [2.24, 2.45) is 0 Å². The Kier molecular flexibility index (Phi) is 3.72. The lowest BCUT2D eigenvalue weighted by molar-refractivity contribution is 0.599. The summed E-state index contributed by atoms with van der Waals surface area (Å²) in [5.41, 5.74) is 7.00. The molecule has 0 amide bonds. The van der Waals surface area contributed by atoms with Crippen LogP contribution in [0.3, 0.4) is 0 Å². The lowest BCUT2D eigenvalue weighted by atomic mass is 10.0. The van der Waals surface area contributed by atoms with Crippen LogP contribution in [-0.4, -0.2) is 18.6 Å². The molecule has 0 aliphatic carbocycles. The highest BCUT2D eigenvalue weighted by Crippen LogP contribution is 2.22. The SMILES string of the molecule is CC(C)c1ccc(NS(=O)(=O)c2nnc(N)s2)cc1. The largest absolute Gasteiger partial charge is 0.374 e. The average Bonchev–Trinajstić information content (AvgIpc) is 2.77. The second kappa shape index (κ2) is 5.14. The van der Waals surface area contributed by atoms with Crippen molar-refractivity contribution < 1.29 is 8.42 Å². The minimum absolute atomic E-state index is 0.121. The summed E-state index contributed by atoms with van der Waals surface area (Å²) in [6, 6.07) is 7.21. The number of aromatic nitrogens is 2. The molecule has 3 N–H and O–H groups in total. The van der Waals surface area contributed by atoms with Gasteiger partial charge in [-0.1, -0.05) is 37.3 Å². The molecule has 1 aromatic heterocycles. The van der Waals surface area contributed by atoms with Crippen LogP contribution in [0.5, 0.6) is 0 Å². The normalized spacial score (nSPS) is 11.7. The van der Waals surface area contributed by atoms with Crippen molar-refractivity contribution in [1.29, 1.82) is 0 Å². The zero-order chi connectivity index (χ0) is 14.0. The van der Waals surface area contributed by atoms with Crippen molar-refractivity contribution in [1.82, 2.24) is 10.2 Å². The second-order valence-electron chi connectivity index (χ2n) is 4.29. The first-order chi connectivity index (χ1) is 8.88. The monoisotopic (exact) mass is 298 g/mol. The molecule has 0 saturated carbocycles. The Morgan fingerprint density at radius 3 is 2.32 bits per heavy atom.